The third kappa shape index (κ3) is 2.21. The molecule has 0 saturated carbocycles. The summed E-state index contributed by atoms with van der Waals surface area (Å²) in [5, 5.41) is 5.30. The summed E-state index contributed by atoms with van der Waals surface area (Å²) in [4.78, 5) is 4.64. The lowest BCUT2D eigenvalue weighted by Crippen LogP contribution is -2.36. The lowest BCUT2D eigenvalue weighted by molar-refractivity contribution is 0.414. The molecule has 86 valence electrons. The van der Waals surface area contributed by atoms with Crippen LogP contribution in [0, 0.1) is 0 Å². The molecule has 0 fully saturated rings. The molecule has 0 bridgehead atoms. The van der Waals surface area contributed by atoms with Gasteiger partial charge in [0.2, 0.25) is 0 Å². The fourth-order valence-corrected chi connectivity index (χ4v) is 3.00. The van der Waals surface area contributed by atoms with E-state index in [4.69, 9.17) is 11.6 Å². The van der Waals surface area contributed by atoms with Crippen LogP contribution < -0.4 is 5.32 Å². The molecule has 0 radical (unpaired) electrons. The van der Waals surface area contributed by atoms with Crippen LogP contribution in [0.15, 0.2) is 18.2 Å². The molecular formula is C12H15ClN2S. The summed E-state index contributed by atoms with van der Waals surface area (Å²) < 4.78 is 1.15. The first kappa shape index (κ1) is 11.8. The molecule has 2 rings (SSSR count). The van der Waals surface area contributed by atoms with E-state index in [2.05, 4.69) is 31.1 Å². The third-order valence-corrected chi connectivity index (χ3v) is 4.08. The Morgan fingerprint density at radius 3 is 2.88 bits per heavy atom. The molecule has 1 heterocycles. The van der Waals surface area contributed by atoms with Crippen molar-refractivity contribution in [1.82, 2.24) is 10.3 Å². The molecule has 16 heavy (non-hydrogen) atoms. The first-order valence-corrected chi connectivity index (χ1v) is 6.54. The molecule has 0 atom stereocenters. The van der Waals surface area contributed by atoms with Gasteiger partial charge in [0.05, 0.1) is 15.8 Å². The number of aromatic nitrogens is 1. The summed E-state index contributed by atoms with van der Waals surface area (Å²) in [7, 11) is 0. The predicted molar refractivity (Wildman–Crippen MR) is 71.3 cm³/mol. The van der Waals surface area contributed by atoms with Crippen molar-refractivity contribution in [2.75, 3.05) is 6.54 Å². The van der Waals surface area contributed by atoms with Crippen molar-refractivity contribution in [2.24, 2.45) is 0 Å². The van der Waals surface area contributed by atoms with Gasteiger partial charge in [-0.05, 0) is 38.6 Å². The van der Waals surface area contributed by atoms with Crippen molar-refractivity contribution in [2.45, 2.75) is 26.3 Å². The number of thiazole rings is 1. The van der Waals surface area contributed by atoms with Crippen LogP contribution in [0.5, 0.6) is 0 Å². The second-order valence-corrected chi connectivity index (χ2v) is 5.75. The molecule has 0 aliphatic rings. The molecule has 4 heteroatoms. The lowest BCUT2D eigenvalue weighted by Gasteiger charge is -2.22. The Morgan fingerprint density at radius 2 is 2.19 bits per heavy atom. The molecule has 0 spiro atoms. The van der Waals surface area contributed by atoms with E-state index in [0.29, 0.717) is 0 Å². The quantitative estimate of drug-likeness (QED) is 0.901. The Kier molecular flexibility index (Phi) is 3.19. The van der Waals surface area contributed by atoms with Crippen molar-refractivity contribution >= 4 is 33.2 Å². The number of rotatable bonds is 3. The number of fused-ring (bicyclic) bond motifs is 1. The van der Waals surface area contributed by atoms with Crippen LogP contribution in [0.2, 0.25) is 5.02 Å². The Morgan fingerprint density at radius 1 is 1.44 bits per heavy atom. The molecule has 2 aromatic rings. The maximum absolute atomic E-state index is 5.97. The highest BCUT2D eigenvalue weighted by atomic mass is 35.5. The summed E-state index contributed by atoms with van der Waals surface area (Å²) >= 11 is 7.67. The second kappa shape index (κ2) is 4.32. The van der Waals surface area contributed by atoms with Gasteiger partial charge in [0.1, 0.15) is 5.01 Å². The number of benzene rings is 1. The van der Waals surface area contributed by atoms with Gasteiger partial charge in [-0.25, -0.2) is 4.98 Å². The zero-order valence-electron chi connectivity index (χ0n) is 9.67. The summed E-state index contributed by atoms with van der Waals surface area (Å²) in [6.07, 6.45) is 0. The molecule has 0 unspecified atom stereocenters. The van der Waals surface area contributed by atoms with Gasteiger partial charge in [0, 0.05) is 5.02 Å². The SMILES string of the molecule is CCNC(C)(C)c1nc2ccc(Cl)cc2s1. The Balaban J connectivity index is 2.46. The summed E-state index contributed by atoms with van der Waals surface area (Å²) in [5.41, 5.74) is 0.945. The average molecular weight is 255 g/mol. The van der Waals surface area contributed by atoms with Crippen LogP contribution in [0.1, 0.15) is 25.8 Å². The molecule has 0 aliphatic carbocycles. The van der Waals surface area contributed by atoms with Crippen molar-refractivity contribution in [3.8, 4) is 0 Å². The van der Waals surface area contributed by atoms with Crippen LogP contribution in [-0.4, -0.2) is 11.5 Å². The van der Waals surface area contributed by atoms with Gasteiger partial charge in [-0.15, -0.1) is 11.3 Å². The van der Waals surface area contributed by atoms with Gasteiger partial charge in [0.25, 0.3) is 0 Å². The van der Waals surface area contributed by atoms with Crippen molar-refractivity contribution in [3.05, 3.63) is 28.2 Å². The maximum Gasteiger partial charge on any atom is 0.113 e. The Hall–Kier alpha value is -0.640. The molecule has 1 N–H and O–H groups in total. The van der Waals surface area contributed by atoms with Crippen LogP contribution in [0.3, 0.4) is 0 Å². The normalized spacial score (nSPS) is 12.2. The second-order valence-electron chi connectivity index (χ2n) is 4.29. The van der Waals surface area contributed by atoms with Gasteiger partial charge >= 0.3 is 0 Å². The summed E-state index contributed by atoms with van der Waals surface area (Å²) in [5.74, 6) is 0. The maximum atomic E-state index is 5.97. The van der Waals surface area contributed by atoms with Gasteiger partial charge < -0.3 is 5.32 Å². The van der Waals surface area contributed by atoms with Crippen LogP contribution >= 0.6 is 22.9 Å². The molecular weight excluding hydrogens is 240 g/mol. The van der Waals surface area contributed by atoms with Crippen molar-refractivity contribution in [1.29, 1.82) is 0 Å². The van der Waals surface area contributed by atoms with E-state index in [0.717, 1.165) is 26.8 Å². The predicted octanol–water partition coefficient (Wildman–Crippen LogP) is 3.79. The lowest BCUT2D eigenvalue weighted by atomic mass is 10.1. The Bertz CT molecular complexity index is 505. The molecule has 0 aliphatic heterocycles. The molecule has 1 aromatic heterocycles. The van der Waals surface area contributed by atoms with E-state index >= 15 is 0 Å². The standard InChI is InChI=1S/C12H15ClN2S/c1-4-14-12(2,3)11-15-9-6-5-8(13)7-10(9)16-11/h5-7,14H,4H2,1-3H3. The van der Waals surface area contributed by atoms with E-state index in [9.17, 15) is 0 Å². The van der Waals surface area contributed by atoms with E-state index in [1.54, 1.807) is 11.3 Å². The smallest absolute Gasteiger partial charge is 0.113 e. The molecule has 0 amide bonds. The minimum Gasteiger partial charge on any atom is -0.306 e. The highest BCUT2D eigenvalue weighted by Crippen LogP contribution is 2.31. The molecule has 2 nitrogen and oxygen atoms in total. The van der Waals surface area contributed by atoms with E-state index in [1.807, 2.05) is 18.2 Å². The zero-order valence-corrected chi connectivity index (χ0v) is 11.2. The fourth-order valence-electron chi connectivity index (χ4n) is 1.68. The Labute approximate surface area is 105 Å². The first-order chi connectivity index (χ1) is 7.53. The van der Waals surface area contributed by atoms with Crippen LogP contribution in [0.25, 0.3) is 10.2 Å². The number of halogens is 1. The van der Waals surface area contributed by atoms with Gasteiger partial charge in [-0.1, -0.05) is 18.5 Å². The number of hydrogen-bond donors (Lipinski definition) is 1. The molecule has 1 aromatic carbocycles. The van der Waals surface area contributed by atoms with E-state index in [-0.39, 0.29) is 5.54 Å². The number of nitrogens with one attached hydrogen (secondary N) is 1. The highest BCUT2D eigenvalue weighted by Gasteiger charge is 2.23. The zero-order chi connectivity index (χ0) is 11.8. The topological polar surface area (TPSA) is 24.9 Å². The van der Waals surface area contributed by atoms with Crippen molar-refractivity contribution in [3.63, 3.8) is 0 Å². The summed E-state index contributed by atoms with van der Waals surface area (Å²) in [6, 6.07) is 5.83. The van der Waals surface area contributed by atoms with Gasteiger partial charge in [0.15, 0.2) is 0 Å². The highest BCUT2D eigenvalue weighted by molar-refractivity contribution is 7.18. The third-order valence-electron chi connectivity index (χ3n) is 2.50. The monoisotopic (exact) mass is 254 g/mol. The molecule has 0 saturated heterocycles. The minimum atomic E-state index is -0.0785. The summed E-state index contributed by atoms with van der Waals surface area (Å²) in [6.45, 7) is 7.33. The average Bonchev–Trinajstić information content (AvgIpc) is 2.61. The number of nitrogens with zero attached hydrogens (tertiary/aromatic N) is 1. The van der Waals surface area contributed by atoms with E-state index < -0.39 is 0 Å². The largest absolute Gasteiger partial charge is 0.306 e. The van der Waals surface area contributed by atoms with Gasteiger partial charge in [-0.2, -0.15) is 0 Å². The van der Waals surface area contributed by atoms with Gasteiger partial charge in [-0.3, -0.25) is 0 Å². The van der Waals surface area contributed by atoms with E-state index in [1.165, 1.54) is 0 Å². The van der Waals surface area contributed by atoms with Crippen LogP contribution in [-0.2, 0) is 5.54 Å². The minimum absolute atomic E-state index is 0.0785. The number of hydrogen-bond acceptors (Lipinski definition) is 3. The van der Waals surface area contributed by atoms with Crippen LogP contribution in [0.4, 0.5) is 0 Å². The van der Waals surface area contributed by atoms with Crippen molar-refractivity contribution < 1.29 is 0 Å². The fraction of sp³-hybridized carbons (Fsp3) is 0.417. The first-order valence-electron chi connectivity index (χ1n) is 5.34.